The third-order valence-electron chi connectivity index (χ3n) is 7.11. The number of fused-ring (bicyclic) bond motifs is 3. The van der Waals surface area contributed by atoms with E-state index in [1.54, 1.807) is 0 Å². The SMILES string of the molecule is O=C(NC1(c2ccccc2)CC1)N1CCN([C@@H]2CN3CCC2CC3)CC1. The third kappa shape index (κ3) is 3.01. The normalized spacial score (nSPS) is 33.1. The molecule has 1 aromatic rings. The standard InChI is InChI=1S/C21H30N4O/c26-20(22-21(8-9-21)18-4-2-1-3-5-18)25-14-12-24(13-15-25)19-16-23-10-6-17(19)7-11-23/h1-5,17,19H,6-16H2,(H,22,26)/t19-/m1/s1. The fourth-order valence-electron chi connectivity index (χ4n) is 5.26. The van der Waals surface area contributed by atoms with Crippen LogP contribution in [0.4, 0.5) is 4.79 Å². The van der Waals surface area contributed by atoms with Crippen molar-refractivity contribution < 1.29 is 4.79 Å². The summed E-state index contributed by atoms with van der Waals surface area (Å²) in [7, 11) is 0. The molecule has 5 nitrogen and oxygen atoms in total. The van der Waals surface area contributed by atoms with Crippen molar-refractivity contribution in [2.45, 2.75) is 37.3 Å². The van der Waals surface area contributed by atoms with Crippen LogP contribution in [-0.4, -0.2) is 72.6 Å². The maximum absolute atomic E-state index is 12.8. The van der Waals surface area contributed by atoms with Crippen molar-refractivity contribution in [1.29, 1.82) is 0 Å². The van der Waals surface area contributed by atoms with Gasteiger partial charge < -0.3 is 15.1 Å². The van der Waals surface area contributed by atoms with Gasteiger partial charge in [0, 0.05) is 38.8 Å². The number of piperazine rings is 1. The lowest BCUT2D eigenvalue weighted by molar-refractivity contribution is -0.0105. The van der Waals surface area contributed by atoms with Crippen LogP contribution in [0.5, 0.6) is 0 Å². The Balaban J connectivity index is 1.16. The second kappa shape index (κ2) is 6.54. The van der Waals surface area contributed by atoms with Crippen molar-refractivity contribution in [3.63, 3.8) is 0 Å². The molecular weight excluding hydrogens is 324 g/mol. The lowest BCUT2D eigenvalue weighted by Gasteiger charge is -2.51. The van der Waals surface area contributed by atoms with Gasteiger partial charge in [0.25, 0.3) is 0 Å². The van der Waals surface area contributed by atoms with Crippen LogP contribution in [0.3, 0.4) is 0 Å². The van der Waals surface area contributed by atoms with Crippen LogP contribution in [0.2, 0.25) is 0 Å². The number of amides is 2. The van der Waals surface area contributed by atoms with Crippen molar-refractivity contribution in [2.24, 2.45) is 5.92 Å². The monoisotopic (exact) mass is 354 g/mol. The molecule has 2 amide bonds. The van der Waals surface area contributed by atoms with E-state index >= 15 is 0 Å². The molecule has 140 valence electrons. The minimum atomic E-state index is -0.106. The van der Waals surface area contributed by atoms with Crippen LogP contribution >= 0.6 is 0 Å². The number of urea groups is 1. The largest absolute Gasteiger partial charge is 0.328 e. The smallest absolute Gasteiger partial charge is 0.318 e. The Kier molecular flexibility index (Phi) is 4.17. The predicted octanol–water partition coefficient (Wildman–Crippen LogP) is 2.10. The Labute approximate surface area is 156 Å². The summed E-state index contributed by atoms with van der Waals surface area (Å²) in [5, 5.41) is 3.34. The average molecular weight is 354 g/mol. The number of nitrogens with zero attached hydrogens (tertiary/aromatic N) is 3. The first-order chi connectivity index (χ1) is 12.7. The lowest BCUT2D eigenvalue weighted by Crippen LogP contribution is -2.62. The molecular formula is C21H30N4O. The van der Waals surface area contributed by atoms with Gasteiger partial charge in [-0.05, 0) is 50.3 Å². The van der Waals surface area contributed by atoms with Gasteiger partial charge in [0.1, 0.15) is 0 Å². The minimum absolute atomic E-state index is 0.106. The van der Waals surface area contributed by atoms with Gasteiger partial charge in [-0.1, -0.05) is 30.3 Å². The molecule has 0 aromatic heterocycles. The van der Waals surface area contributed by atoms with Gasteiger partial charge in [-0.15, -0.1) is 0 Å². The summed E-state index contributed by atoms with van der Waals surface area (Å²) in [5.74, 6) is 0.883. The highest BCUT2D eigenvalue weighted by Gasteiger charge is 2.46. The van der Waals surface area contributed by atoms with E-state index in [-0.39, 0.29) is 11.6 Å². The van der Waals surface area contributed by atoms with Crippen molar-refractivity contribution in [3.05, 3.63) is 35.9 Å². The Morgan fingerprint density at radius 1 is 0.962 bits per heavy atom. The topological polar surface area (TPSA) is 38.8 Å². The molecule has 1 aliphatic carbocycles. The van der Waals surface area contributed by atoms with Gasteiger partial charge in [-0.2, -0.15) is 0 Å². The molecule has 4 saturated heterocycles. The second-order valence-corrected chi connectivity index (χ2v) is 8.61. The predicted molar refractivity (Wildman–Crippen MR) is 102 cm³/mol. The van der Waals surface area contributed by atoms with Gasteiger partial charge in [0.2, 0.25) is 0 Å². The number of rotatable bonds is 3. The molecule has 5 aliphatic rings. The summed E-state index contributed by atoms with van der Waals surface area (Å²) >= 11 is 0. The highest BCUT2D eigenvalue weighted by Crippen LogP contribution is 2.45. The summed E-state index contributed by atoms with van der Waals surface area (Å²) in [5.41, 5.74) is 1.14. The lowest BCUT2D eigenvalue weighted by atomic mass is 9.83. The quantitative estimate of drug-likeness (QED) is 0.903. The van der Waals surface area contributed by atoms with Crippen LogP contribution in [0, 0.1) is 5.92 Å². The molecule has 1 aromatic carbocycles. The molecule has 0 unspecified atom stereocenters. The Morgan fingerprint density at radius 2 is 1.65 bits per heavy atom. The van der Waals surface area contributed by atoms with Crippen molar-refractivity contribution in [3.8, 4) is 0 Å². The highest BCUT2D eigenvalue weighted by molar-refractivity contribution is 5.76. The van der Waals surface area contributed by atoms with E-state index in [2.05, 4.69) is 39.4 Å². The fourth-order valence-corrected chi connectivity index (χ4v) is 5.26. The minimum Gasteiger partial charge on any atom is -0.328 e. The number of piperidine rings is 3. The van der Waals surface area contributed by atoms with Gasteiger partial charge in [-0.3, -0.25) is 4.90 Å². The molecule has 5 heteroatoms. The zero-order valence-corrected chi connectivity index (χ0v) is 15.6. The zero-order valence-electron chi connectivity index (χ0n) is 15.6. The van der Waals surface area contributed by atoms with E-state index in [0.717, 1.165) is 51.0 Å². The van der Waals surface area contributed by atoms with Gasteiger partial charge in [0.05, 0.1) is 5.54 Å². The maximum atomic E-state index is 12.8. The Hall–Kier alpha value is -1.59. The molecule has 2 bridgehead atoms. The molecule has 4 heterocycles. The number of hydrogen-bond acceptors (Lipinski definition) is 3. The average Bonchev–Trinajstić information content (AvgIpc) is 3.50. The number of hydrogen-bond donors (Lipinski definition) is 1. The van der Waals surface area contributed by atoms with Crippen molar-refractivity contribution in [2.75, 3.05) is 45.8 Å². The number of benzene rings is 1. The van der Waals surface area contributed by atoms with Crippen molar-refractivity contribution in [1.82, 2.24) is 20.0 Å². The Morgan fingerprint density at radius 3 is 2.23 bits per heavy atom. The third-order valence-corrected chi connectivity index (χ3v) is 7.11. The van der Waals surface area contributed by atoms with E-state index in [9.17, 15) is 4.79 Å². The van der Waals surface area contributed by atoms with Crippen LogP contribution in [0.1, 0.15) is 31.2 Å². The van der Waals surface area contributed by atoms with E-state index in [0.29, 0.717) is 0 Å². The first-order valence-electron chi connectivity index (χ1n) is 10.3. The zero-order chi connectivity index (χ0) is 17.6. The number of carbonyl (C=O) groups excluding carboxylic acids is 1. The molecule has 0 spiro atoms. The molecule has 1 saturated carbocycles. The molecule has 26 heavy (non-hydrogen) atoms. The molecule has 6 rings (SSSR count). The molecule has 0 radical (unpaired) electrons. The molecule has 5 fully saturated rings. The van der Waals surface area contributed by atoms with Crippen LogP contribution in [0.25, 0.3) is 0 Å². The Bertz CT molecular complexity index is 643. The van der Waals surface area contributed by atoms with E-state index in [1.807, 2.05) is 11.0 Å². The van der Waals surface area contributed by atoms with E-state index < -0.39 is 0 Å². The first kappa shape index (κ1) is 16.6. The summed E-state index contributed by atoms with van der Waals surface area (Å²) in [6.45, 7) is 7.62. The first-order valence-corrected chi connectivity index (χ1v) is 10.3. The fraction of sp³-hybridized carbons (Fsp3) is 0.667. The van der Waals surface area contributed by atoms with Crippen LogP contribution in [0.15, 0.2) is 30.3 Å². The summed E-state index contributed by atoms with van der Waals surface area (Å²) in [4.78, 5) is 20.1. The molecule has 4 aliphatic heterocycles. The number of carbonyl (C=O) groups is 1. The number of nitrogens with one attached hydrogen (secondary N) is 1. The van der Waals surface area contributed by atoms with E-state index in [4.69, 9.17) is 0 Å². The summed E-state index contributed by atoms with van der Waals surface area (Å²) in [6.07, 6.45) is 4.85. The maximum Gasteiger partial charge on any atom is 0.318 e. The summed E-state index contributed by atoms with van der Waals surface area (Å²) < 4.78 is 0. The van der Waals surface area contributed by atoms with Gasteiger partial charge in [0.15, 0.2) is 0 Å². The second-order valence-electron chi connectivity index (χ2n) is 8.61. The van der Waals surface area contributed by atoms with Gasteiger partial charge >= 0.3 is 6.03 Å². The molecule has 1 N–H and O–H groups in total. The molecule has 1 atom stereocenters. The van der Waals surface area contributed by atoms with E-state index in [1.165, 1.54) is 38.0 Å². The highest BCUT2D eigenvalue weighted by atomic mass is 16.2. The van der Waals surface area contributed by atoms with Crippen LogP contribution < -0.4 is 5.32 Å². The summed E-state index contributed by atoms with van der Waals surface area (Å²) in [6, 6.07) is 11.3. The van der Waals surface area contributed by atoms with Crippen LogP contribution in [-0.2, 0) is 5.54 Å². The van der Waals surface area contributed by atoms with Gasteiger partial charge in [-0.25, -0.2) is 4.79 Å². The van der Waals surface area contributed by atoms with Crippen molar-refractivity contribution >= 4 is 6.03 Å².